The highest BCUT2D eigenvalue weighted by atomic mass is 15.4. The molecule has 0 amide bonds. The number of quaternary nitrogens is 1. The summed E-state index contributed by atoms with van der Waals surface area (Å²) in [5.41, 5.74) is 10.1. The number of benzene rings is 1. The summed E-state index contributed by atoms with van der Waals surface area (Å²) in [7, 11) is 3.97. The molecule has 5 N–H and O–H groups in total. The van der Waals surface area contributed by atoms with Gasteiger partial charge < -0.3 is 16.4 Å². The van der Waals surface area contributed by atoms with Gasteiger partial charge in [0.05, 0.1) is 18.9 Å². The van der Waals surface area contributed by atoms with Crippen LogP contribution in [0.5, 0.6) is 0 Å². The topological polar surface area (TPSA) is 70.3 Å². The van der Waals surface area contributed by atoms with Crippen LogP contribution in [0.2, 0.25) is 0 Å². The molecule has 26 heavy (non-hydrogen) atoms. The van der Waals surface area contributed by atoms with Crippen molar-refractivity contribution >= 4 is 17.1 Å². The molecular formula is C21H30N5+. The molecular weight excluding hydrogens is 322 g/mol. The normalized spacial score (nSPS) is 17.8. The summed E-state index contributed by atoms with van der Waals surface area (Å²) in [6.45, 7) is 2.04. The monoisotopic (exact) mass is 352 g/mol. The zero-order valence-electron chi connectivity index (χ0n) is 15.9. The van der Waals surface area contributed by atoms with Crippen LogP contribution in [-0.4, -0.2) is 25.8 Å². The van der Waals surface area contributed by atoms with Gasteiger partial charge in [0.15, 0.2) is 0 Å². The van der Waals surface area contributed by atoms with Gasteiger partial charge in [-0.1, -0.05) is 24.3 Å². The maximum atomic E-state index is 5.85. The molecule has 1 aliphatic carbocycles. The molecule has 0 bridgehead atoms. The Labute approximate surface area is 156 Å². The van der Waals surface area contributed by atoms with Crippen LogP contribution >= 0.6 is 0 Å². The lowest BCUT2D eigenvalue weighted by Gasteiger charge is -2.16. The van der Waals surface area contributed by atoms with Crippen LogP contribution in [0.4, 0.5) is 11.4 Å². The van der Waals surface area contributed by atoms with E-state index in [-0.39, 0.29) is 6.04 Å². The maximum Gasteiger partial charge on any atom is 0.0923 e. The van der Waals surface area contributed by atoms with Crippen molar-refractivity contribution in [3.63, 3.8) is 0 Å². The lowest BCUT2D eigenvalue weighted by Crippen LogP contribution is -2.72. The van der Waals surface area contributed by atoms with E-state index in [1.807, 2.05) is 61.8 Å². The molecule has 1 unspecified atom stereocenters. The predicted molar refractivity (Wildman–Crippen MR) is 112 cm³/mol. The summed E-state index contributed by atoms with van der Waals surface area (Å²) in [6.07, 6.45) is 16.1. The highest BCUT2D eigenvalue weighted by Gasteiger charge is 2.05. The van der Waals surface area contributed by atoms with E-state index >= 15 is 0 Å². The summed E-state index contributed by atoms with van der Waals surface area (Å²) < 4.78 is 0. The van der Waals surface area contributed by atoms with E-state index in [2.05, 4.69) is 46.8 Å². The standard InChI is InChI=1S/C21H29N5/c1-17(7-5-4-6-16-23-2)25-26(3)21-14-12-20(13-15-21)24-19-10-8-18(22)9-11-19/h4-6,8,10-16,18,23-24H,7,9,22H2,1-3H3/p+1/b5-4-,16-6-,25-17+. The fraction of sp³-hybridized carbons (Fsp3) is 0.286. The molecule has 2 rings (SSSR count). The van der Waals surface area contributed by atoms with Crippen LogP contribution in [0.25, 0.3) is 0 Å². The minimum absolute atomic E-state index is 0.133. The van der Waals surface area contributed by atoms with E-state index < -0.39 is 0 Å². The first-order valence-corrected chi connectivity index (χ1v) is 8.98. The first-order chi connectivity index (χ1) is 12.6. The van der Waals surface area contributed by atoms with Crippen molar-refractivity contribution in [3.05, 3.63) is 72.6 Å². The molecule has 0 spiro atoms. The second-order valence-corrected chi connectivity index (χ2v) is 6.30. The molecule has 5 nitrogen and oxygen atoms in total. The van der Waals surface area contributed by atoms with Gasteiger partial charge in [0.2, 0.25) is 0 Å². The van der Waals surface area contributed by atoms with E-state index in [4.69, 9.17) is 5.73 Å². The van der Waals surface area contributed by atoms with Gasteiger partial charge >= 0.3 is 0 Å². The Bertz CT molecular complexity index is 710. The van der Waals surface area contributed by atoms with Gasteiger partial charge in [0.25, 0.3) is 0 Å². The zero-order valence-corrected chi connectivity index (χ0v) is 15.9. The Morgan fingerprint density at radius 2 is 2.12 bits per heavy atom. The quantitative estimate of drug-likeness (QED) is 0.383. The van der Waals surface area contributed by atoms with Crippen molar-refractivity contribution < 1.29 is 5.32 Å². The molecule has 1 aliphatic rings. The largest absolute Gasteiger partial charge is 0.356 e. The van der Waals surface area contributed by atoms with Gasteiger partial charge in [-0.15, -0.1) is 0 Å². The SMILES string of the molecule is C[NH2+]/C=C\C=C/C/C(C)=N/N(C)c1ccc(NC2=CCC(N)C=C2)cc1. The Morgan fingerprint density at radius 3 is 2.77 bits per heavy atom. The molecule has 0 saturated carbocycles. The van der Waals surface area contributed by atoms with E-state index in [1.165, 1.54) is 0 Å². The minimum atomic E-state index is 0.133. The summed E-state index contributed by atoms with van der Waals surface area (Å²) in [5.74, 6) is 0. The van der Waals surface area contributed by atoms with Crippen molar-refractivity contribution in [1.82, 2.24) is 0 Å². The first kappa shape index (κ1) is 19.7. The number of hydrazone groups is 1. The average Bonchev–Trinajstić information content (AvgIpc) is 2.64. The molecule has 0 radical (unpaired) electrons. The summed E-state index contributed by atoms with van der Waals surface area (Å²) in [5, 5.41) is 11.9. The second-order valence-electron chi connectivity index (χ2n) is 6.30. The highest BCUT2D eigenvalue weighted by molar-refractivity contribution is 5.84. The van der Waals surface area contributed by atoms with Gasteiger partial charge in [-0.2, -0.15) is 5.10 Å². The predicted octanol–water partition coefficient (Wildman–Crippen LogP) is 2.73. The molecule has 1 aromatic carbocycles. The molecule has 5 heteroatoms. The molecule has 1 atom stereocenters. The molecule has 138 valence electrons. The van der Waals surface area contributed by atoms with Crippen LogP contribution in [0.3, 0.4) is 0 Å². The molecule has 0 aliphatic heterocycles. The van der Waals surface area contributed by atoms with Crippen LogP contribution < -0.4 is 21.4 Å². The number of anilines is 2. The fourth-order valence-corrected chi connectivity index (χ4v) is 2.50. The zero-order chi connectivity index (χ0) is 18.8. The number of nitrogens with one attached hydrogen (secondary N) is 1. The van der Waals surface area contributed by atoms with Crippen LogP contribution in [0, 0.1) is 0 Å². The molecule has 0 heterocycles. The lowest BCUT2D eigenvalue weighted by molar-refractivity contribution is -0.556. The number of rotatable bonds is 8. The lowest BCUT2D eigenvalue weighted by atomic mass is 10.1. The minimum Gasteiger partial charge on any atom is -0.356 e. The number of hydrogen-bond acceptors (Lipinski definition) is 4. The molecule has 0 saturated heterocycles. The van der Waals surface area contributed by atoms with Crippen LogP contribution in [-0.2, 0) is 0 Å². The Morgan fingerprint density at radius 1 is 1.35 bits per heavy atom. The number of hydrogen-bond donors (Lipinski definition) is 3. The van der Waals surface area contributed by atoms with Gasteiger partial charge in [-0.25, -0.2) is 0 Å². The fourth-order valence-electron chi connectivity index (χ4n) is 2.50. The number of allylic oxidation sites excluding steroid dienone is 4. The molecule has 0 aromatic heterocycles. The third-order valence-electron chi connectivity index (χ3n) is 3.95. The summed E-state index contributed by atoms with van der Waals surface area (Å²) >= 11 is 0. The third kappa shape index (κ3) is 6.70. The van der Waals surface area contributed by atoms with E-state index in [1.54, 1.807) is 0 Å². The Hall–Kier alpha value is -2.63. The van der Waals surface area contributed by atoms with E-state index in [9.17, 15) is 0 Å². The van der Waals surface area contributed by atoms with Crippen molar-refractivity contribution in [2.75, 3.05) is 24.4 Å². The molecule has 1 aromatic rings. The number of nitrogens with two attached hydrogens (primary N) is 2. The van der Waals surface area contributed by atoms with Crippen molar-refractivity contribution in [2.45, 2.75) is 25.8 Å². The van der Waals surface area contributed by atoms with E-state index in [0.717, 1.165) is 35.6 Å². The van der Waals surface area contributed by atoms with Crippen molar-refractivity contribution in [1.29, 1.82) is 0 Å². The Balaban J connectivity index is 1.90. The van der Waals surface area contributed by atoms with Gasteiger partial charge in [0, 0.05) is 36.6 Å². The highest BCUT2D eigenvalue weighted by Crippen LogP contribution is 2.20. The summed E-state index contributed by atoms with van der Waals surface area (Å²) in [4.78, 5) is 0. The van der Waals surface area contributed by atoms with Crippen LogP contribution in [0.15, 0.2) is 77.7 Å². The van der Waals surface area contributed by atoms with Gasteiger partial charge in [0.1, 0.15) is 0 Å². The third-order valence-corrected chi connectivity index (χ3v) is 3.95. The van der Waals surface area contributed by atoms with Crippen molar-refractivity contribution in [2.24, 2.45) is 10.8 Å². The Kier molecular flexibility index (Phi) is 7.86. The smallest absolute Gasteiger partial charge is 0.0923 e. The number of nitrogens with zero attached hydrogens (tertiary/aromatic N) is 2. The maximum absolute atomic E-state index is 5.85. The molecule has 0 fully saturated rings. The van der Waals surface area contributed by atoms with Crippen molar-refractivity contribution in [3.8, 4) is 0 Å². The average molecular weight is 353 g/mol. The summed E-state index contributed by atoms with van der Waals surface area (Å²) in [6, 6.07) is 8.38. The second kappa shape index (κ2) is 10.4. The van der Waals surface area contributed by atoms with Gasteiger partial charge in [-0.3, -0.25) is 5.01 Å². The first-order valence-electron chi connectivity index (χ1n) is 8.98. The van der Waals surface area contributed by atoms with E-state index in [0.29, 0.717) is 0 Å². The van der Waals surface area contributed by atoms with Crippen LogP contribution in [0.1, 0.15) is 19.8 Å². The van der Waals surface area contributed by atoms with Gasteiger partial charge in [-0.05, 0) is 49.8 Å².